The number of nitrogens with one attached hydrogen (secondary N) is 1. The Balaban J connectivity index is 1.98. The van der Waals surface area contributed by atoms with Gasteiger partial charge in [-0.3, -0.25) is 0 Å². The Morgan fingerprint density at radius 3 is 2.79 bits per heavy atom. The lowest BCUT2D eigenvalue weighted by Gasteiger charge is -2.23. The Bertz CT molecular complexity index is 594. The predicted octanol–water partition coefficient (Wildman–Crippen LogP) is 3.04. The van der Waals surface area contributed by atoms with Crippen LogP contribution in [0.15, 0.2) is 28.8 Å². The molecule has 1 aromatic carbocycles. The number of benzene rings is 1. The largest absolute Gasteiger partial charge is 0.455 e. The molecule has 1 aromatic heterocycles. The molecule has 2 aromatic rings. The highest BCUT2D eigenvalue weighted by Gasteiger charge is 2.38. The zero-order chi connectivity index (χ0) is 13.5. The van der Waals surface area contributed by atoms with E-state index in [1.54, 1.807) is 0 Å². The van der Waals surface area contributed by atoms with Crippen LogP contribution in [0.2, 0.25) is 0 Å². The minimum atomic E-state index is -4.58. The molecule has 1 atom stereocenters. The molecule has 0 saturated carbocycles. The molecular formula is C12H10F3N3O. The summed E-state index contributed by atoms with van der Waals surface area (Å²) in [4.78, 5) is 3.47. The fourth-order valence-corrected chi connectivity index (χ4v) is 2.22. The number of halogens is 3. The second-order valence-corrected chi connectivity index (χ2v) is 4.31. The van der Waals surface area contributed by atoms with Gasteiger partial charge in [0.1, 0.15) is 0 Å². The third-order valence-electron chi connectivity index (χ3n) is 3.08. The van der Waals surface area contributed by atoms with Gasteiger partial charge in [-0.15, -0.1) is 0 Å². The van der Waals surface area contributed by atoms with Crippen LogP contribution in [-0.2, 0) is 6.18 Å². The Kier molecular flexibility index (Phi) is 2.69. The molecule has 0 bridgehead atoms. The van der Waals surface area contributed by atoms with Gasteiger partial charge in [0, 0.05) is 12.2 Å². The van der Waals surface area contributed by atoms with Crippen molar-refractivity contribution < 1.29 is 17.7 Å². The van der Waals surface area contributed by atoms with E-state index in [1.165, 1.54) is 0 Å². The van der Waals surface area contributed by atoms with Crippen molar-refractivity contribution in [1.29, 1.82) is 0 Å². The lowest BCUT2D eigenvalue weighted by atomic mass is 9.91. The smallest absolute Gasteiger partial charge is 0.385 e. The highest BCUT2D eigenvalue weighted by molar-refractivity contribution is 5.56. The monoisotopic (exact) mass is 269 g/mol. The first kappa shape index (κ1) is 12.0. The number of fused-ring (bicyclic) bond motifs is 1. The van der Waals surface area contributed by atoms with Crippen LogP contribution in [0.25, 0.3) is 0 Å². The number of nitrogens with zero attached hydrogens (tertiary/aromatic N) is 2. The fourth-order valence-electron chi connectivity index (χ4n) is 2.22. The highest BCUT2D eigenvalue weighted by atomic mass is 19.4. The fraction of sp³-hybridized carbons (Fsp3) is 0.333. The molecule has 0 spiro atoms. The van der Waals surface area contributed by atoms with Crippen LogP contribution in [0, 0.1) is 0 Å². The molecule has 0 fully saturated rings. The number of rotatable bonds is 1. The van der Waals surface area contributed by atoms with Crippen molar-refractivity contribution in [2.24, 2.45) is 0 Å². The molecule has 100 valence electrons. The van der Waals surface area contributed by atoms with Crippen molar-refractivity contribution in [2.45, 2.75) is 18.5 Å². The first-order chi connectivity index (χ1) is 9.05. The van der Waals surface area contributed by atoms with E-state index < -0.39 is 12.0 Å². The van der Waals surface area contributed by atoms with E-state index in [9.17, 15) is 13.2 Å². The summed E-state index contributed by atoms with van der Waals surface area (Å²) >= 11 is 0. The van der Waals surface area contributed by atoms with E-state index in [4.69, 9.17) is 4.52 Å². The van der Waals surface area contributed by atoms with Gasteiger partial charge < -0.3 is 9.84 Å². The van der Waals surface area contributed by atoms with E-state index >= 15 is 0 Å². The van der Waals surface area contributed by atoms with Gasteiger partial charge in [0.2, 0.25) is 5.89 Å². The Morgan fingerprint density at radius 2 is 2.05 bits per heavy atom. The minimum Gasteiger partial charge on any atom is -0.385 e. The molecule has 0 amide bonds. The summed E-state index contributed by atoms with van der Waals surface area (Å²) in [5, 5.41) is 6.19. The molecule has 1 aliphatic heterocycles. The van der Waals surface area contributed by atoms with Gasteiger partial charge >= 0.3 is 6.18 Å². The van der Waals surface area contributed by atoms with Crippen molar-refractivity contribution >= 4 is 5.69 Å². The Morgan fingerprint density at radius 1 is 1.26 bits per heavy atom. The summed E-state index contributed by atoms with van der Waals surface area (Å²) in [5.74, 6) is -1.50. The number of anilines is 1. The molecule has 19 heavy (non-hydrogen) atoms. The van der Waals surface area contributed by atoms with E-state index in [0.717, 1.165) is 11.3 Å². The lowest BCUT2D eigenvalue weighted by molar-refractivity contribution is -0.146. The highest BCUT2D eigenvalue weighted by Crippen LogP contribution is 2.36. The summed E-state index contributed by atoms with van der Waals surface area (Å²) in [6.07, 6.45) is -3.95. The van der Waals surface area contributed by atoms with Crippen molar-refractivity contribution in [3.63, 3.8) is 0 Å². The van der Waals surface area contributed by atoms with Gasteiger partial charge in [0.15, 0.2) is 0 Å². The van der Waals surface area contributed by atoms with Crippen molar-refractivity contribution in [2.75, 3.05) is 11.9 Å². The zero-order valence-electron chi connectivity index (χ0n) is 9.74. The molecule has 0 aliphatic carbocycles. The van der Waals surface area contributed by atoms with E-state index in [2.05, 4.69) is 15.5 Å². The summed E-state index contributed by atoms with van der Waals surface area (Å²) in [6.45, 7) is 0.658. The molecule has 4 nitrogen and oxygen atoms in total. The minimum absolute atomic E-state index is 0.0151. The van der Waals surface area contributed by atoms with Crippen LogP contribution < -0.4 is 5.32 Å². The molecule has 0 saturated heterocycles. The van der Waals surface area contributed by atoms with Crippen LogP contribution in [0.4, 0.5) is 18.9 Å². The maximum Gasteiger partial charge on any atom is 0.455 e. The van der Waals surface area contributed by atoms with E-state index in [-0.39, 0.29) is 11.8 Å². The average Bonchev–Trinajstić information content (AvgIpc) is 2.87. The van der Waals surface area contributed by atoms with Crippen molar-refractivity contribution in [3.05, 3.63) is 41.5 Å². The molecule has 1 N–H and O–H groups in total. The van der Waals surface area contributed by atoms with Crippen LogP contribution in [0.3, 0.4) is 0 Å². The Labute approximate surface area is 106 Å². The summed E-state index contributed by atoms with van der Waals surface area (Å²) in [5.41, 5.74) is 1.77. The predicted molar refractivity (Wildman–Crippen MR) is 60.7 cm³/mol. The third kappa shape index (κ3) is 2.16. The summed E-state index contributed by atoms with van der Waals surface area (Å²) in [7, 11) is 0. The maximum absolute atomic E-state index is 12.5. The quantitative estimate of drug-likeness (QED) is 0.864. The summed E-state index contributed by atoms with van der Waals surface area (Å²) < 4.78 is 42.2. The van der Waals surface area contributed by atoms with Crippen LogP contribution in [-0.4, -0.2) is 16.7 Å². The molecule has 3 rings (SSSR count). The molecule has 1 aliphatic rings. The third-order valence-corrected chi connectivity index (χ3v) is 3.08. The number of hydrogen-bond donors (Lipinski definition) is 1. The van der Waals surface area contributed by atoms with Crippen LogP contribution >= 0.6 is 0 Å². The van der Waals surface area contributed by atoms with Gasteiger partial charge in [-0.25, -0.2) is 0 Å². The normalized spacial score (nSPS) is 18.8. The molecular weight excluding hydrogens is 259 g/mol. The van der Waals surface area contributed by atoms with Gasteiger partial charge in [0.25, 0.3) is 5.82 Å². The van der Waals surface area contributed by atoms with Gasteiger partial charge in [0.05, 0.1) is 5.92 Å². The number of hydrogen-bond acceptors (Lipinski definition) is 4. The van der Waals surface area contributed by atoms with E-state index in [0.29, 0.717) is 13.0 Å². The zero-order valence-corrected chi connectivity index (χ0v) is 9.74. The summed E-state index contributed by atoms with van der Waals surface area (Å²) in [6, 6.07) is 7.43. The standard InChI is InChI=1S/C12H10F3N3O/c13-12(14,15)11-17-10(19-18-11)8-5-6-16-9-4-2-1-3-7(8)9/h1-4,8,16H,5-6H2. The number of alkyl halides is 3. The van der Waals surface area contributed by atoms with Crippen LogP contribution in [0.5, 0.6) is 0 Å². The first-order valence-electron chi connectivity index (χ1n) is 5.79. The molecule has 7 heteroatoms. The lowest BCUT2D eigenvalue weighted by Crippen LogP contribution is -2.18. The maximum atomic E-state index is 12.5. The van der Waals surface area contributed by atoms with Crippen LogP contribution in [0.1, 0.15) is 29.6 Å². The van der Waals surface area contributed by atoms with E-state index in [1.807, 2.05) is 24.3 Å². The van der Waals surface area contributed by atoms with Gasteiger partial charge in [-0.1, -0.05) is 23.4 Å². The van der Waals surface area contributed by atoms with Gasteiger partial charge in [-0.05, 0) is 18.1 Å². The second kappa shape index (κ2) is 4.25. The van der Waals surface area contributed by atoms with Crippen molar-refractivity contribution in [3.8, 4) is 0 Å². The second-order valence-electron chi connectivity index (χ2n) is 4.31. The topological polar surface area (TPSA) is 51.0 Å². The van der Waals surface area contributed by atoms with Gasteiger partial charge in [-0.2, -0.15) is 18.2 Å². The van der Waals surface area contributed by atoms with Crippen molar-refractivity contribution in [1.82, 2.24) is 10.1 Å². The first-order valence-corrected chi connectivity index (χ1v) is 5.79. The molecule has 1 unspecified atom stereocenters. The number of aromatic nitrogens is 2. The molecule has 2 heterocycles. The average molecular weight is 269 g/mol. The molecule has 0 radical (unpaired) electrons. The number of para-hydroxylation sites is 1. The Hall–Kier alpha value is -2.05. The SMILES string of the molecule is FC(F)(F)c1noc(C2CCNc3ccccc32)n1.